The number of nitrogens with zero attached hydrogens (tertiary/aromatic N) is 2. The SMILES string of the molecule is Cc1cc(C(=O)COC(=O)c2cccc[n+]2[O-])c(C)n1CCc1ccc(F)cc1. The molecule has 0 aliphatic rings. The molecule has 3 aromatic rings. The maximum atomic E-state index is 13.0. The van der Waals surface area contributed by atoms with E-state index >= 15 is 0 Å². The summed E-state index contributed by atoms with van der Waals surface area (Å²) in [5, 5.41) is 11.6. The first-order valence-electron chi connectivity index (χ1n) is 9.16. The van der Waals surface area contributed by atoms with E-state index in [2.05, 4.69) is 0 Å². The van der Waals surface area contributed by atoms with Crippen molar-refractivity contribution < 1.29 is 23.4 Å². The Labute approximate surface area is 167 Å². The first kappa shape index (κ1) is 20.3. The number of ketones is 1. The van der Waals surface area contributed by atoms with Crippen molar-refractivity contribution in [3.8, 4) is 0 Å². The lowest BCUT2D eigenvalue weighted by atomic mass is 10.1. The van der Waals surface area contributed by atoms with Crippen molar-refractivity contribution in [2.45, 2.75) is 26.8 Å². The van der Waals surface area contributed by atoms with Crippen molar-refractivity contribution in [1.82, 2.24) is 4.57 Å². The van der Waals surface area contributed by atoms with E-state index in [9.17, 15) is 19.2 Å². The Morgan fingerprint density at radius 2 is 1.86 bits per heavy atom. The van der Waals surface area contributed by atoms with Crippen LogP contribution in [0.3, 0.4) is 0 Å². The number of aromatic nitrogens is 2. The van der Waals surface area contributed by atoms with Gasteiger partial charge in [-0.05, 0) is 50.1 Å². The van der Waals surface area contributed by atoms with Gasteiger partial charge in [-0.25, -0.2) is 9.18 Å². The van der Waals surface area contributed by atoms with Crippen molar-refractivity contribution in [1.29, 1.82) is 0 Å². The van der Waals surface area contributed by atoms with E-state index in [0.29, 0.717) is 23.3 Å². The van der Waals surface area contributed by atoms with E-state index in [4.69, 9.17) is 4.74 Å². The largest absolute Gasteiger partial charge is 0.618 e. The Morgan fingerprint density at radius 1 is 1.14 bits per heavy atom. The quantitative estimate of drug-likeness (QED) is 0.266. The van der Waals surface area contributed by atoms with Crippen LogP contribution in [0.5, 0.6) is 0 Å². The van der Waals surface area contributed by atoms with Crippen LogP contribution in [0.4, 0.5) is 4.39 Å². The number of carbonyl (C=O) groups is 2. The molecule has 1 aromatic carbocycles. The molecule has 150 valence electrons. The van der Waals surface area contributed by atoms with Crippen molar-refractivity contribution >= 4 is 11.8 Å². The summed E-state index contributed by atoms with van der Waals surface area (Å²) in [6.07, 6.45) is 1.88. The van der Waals surface area contributed by atoms with E-state index in [0.717, 1.165) is 17.0 Å². The Balaban J connectivity index is 1.65. The van der Waals surface area contributed by atoms with Gasteiger partial charge in [0.2, 0.25) is 5.78 Å². The fourth-order valence-electron chi connectivity index (χ4n) is 3.19. The van der Waals surface area contributed by atoms with Gasteiger partial charge >= 0.3 is 11.7 Å². The first-order valence-corrected chi connectivity index (χ1v) is 9.16. The van der Waals surface area contributed by atoms with Crippen LogP contribution in [0.25, 0.3) is 0 Å². The average Bonchev–Trinajstić information content (AvgIpc) is 2.99. The molecule has 0 aliphatic heterocycles. The minimum absolute atomic E-state index is 0.176. The summed E-state index contributed by atoms with van der Waals surface area (Å²) in [6, 6.07) is 12.4. The van der Waals surface area contributed by atoms with Crippen molar-refractivity contribution in [3.63, 3.8) is 0 Å². The van der Waals surface area contributed by atoms with Gasteiger partial charge in [0.25, 0.3) is 0 Å². The lowest BCUT2D eigenvalue weighted by Gasteiger charge is -2.10. The van der Waals surface area contributed by atoms with E-state index in [1.165, 1.54) is 30.5 Å². The van der Waals surface area contributed by atoms with E-state index < -0.39 is 12.6 Å². The Kier molecular flexibility index (Phi) is 6.07. The Morgan fingerprint density at radius 3 is 2.55 bits per heavy atom. The van der Waals surface area contributed by atoms with Crippen molar-refractivity contribution in [2.24, 2.45) is 0 Å². The zero-order valence-corrected chi connectivity index (χ0v) is 16.2. The summed E-state index contributed by atoms with van der Waals surface area (Å²) in [5.74, 6) is -1.46. The van der Waals surface area contributed by atoms with Gasteiger partial charge in [0.05, 0.1) is 0 Å². The molecule has 0 amide bonds. The van der Waals surface area contributed by atoms with E-state index in [1.807, 2.05) is 18.4 Å². The smallest absolute Gasteiger partial charge is 0.405 e. The number of esters is 1. The van der Waals surface area contributed by atoms with Crippen LogP contribution in [0, 0.1) is 24.9 Å². The summed E-state index contributed by atoms with van der Waals surface area (Å²) in [6.45, 7) is 3.91. The molecule has 29 heavy (non-hydrogen) atoms. The summed E-state index contributed by atoms with van der Waals surface area (Å²) >= 11 is 0. The molecule has 2 aromatic heterocycles. The number of benzene rings is 1. The number of rotatable bonds is 7. The zero-order valence-electron chi connectivity index (χ0n) is 16.2. The van der Waals surface area contributed by atoms with Gasteiger partial charge in [-0.15, -0.1) is 0 Å². The van der Waals surface area contributed by atoms with Crippen LogP contribution in [0.2, 0.25) is 0 Å². The highest BCUT2D eigenvalue weighted by Crippen LogP contribution is 2.17. The maximum Gasteiger partial charge on any atom is 0.405 e. The third kappa shape index (κ3) is 4.68. The van der Waals surface area contributed by atoms with Crippen LogP contribution in [0.1, 0.15) is 37.8 Å². The molecular weight excluding hydrogens is 375 g/mol. The van der Waals surface area contributed by atoms with Gasteiger partial charge < -0.3 is 14.5 Å². The molecule has 2 heterocycles. The second kappa shape index (κ2) is 8.68. The number of hydrogen-bond donors (Lipinski definition) is 0. The number of pyridine rings is 1. The van der Waals surface area contributed by atoms with Gasteiger partial charge in [-0.3, -0.25) is 4.79 Å². The number of halogens is 1. The van der Waals surface area contributed by atoms with Crippen molar-refractivity contribution in [3.05, 3.63) is 94.0 Å². The topological polar surface area (TPSA) is 75.2 Å². The minimum atomic E-state index is -0.848. The number of aryl methyl sites for hydroxylation is 2. The molecule has 0 spiro atoms. The van der Waals surface area contributed by atoms with E-state index in [1.54, 1.807) is 24.3 Å². The zero-order chi connectivity index (χ0) is 21.0. The fourth-order valence-corrected chi connectivity index (χ4v) is 3.19. The van der Waals surface area contributed by atoms with Gasteiger partial charge in [0.15, 0.2) is 12.8 Å². The number of hydrogen-bond acceptors (Lipinski definition) is 4. The maximum absolute atomic E-state index is 13.0. The van der Waals surface area contributed by atoms with Crippen LogP contribution >= 0.6 is 0 Å². The molecule has 6 nitrogen and oxygen atoms in total. The number of Topliss-reactive ketones (excluding diaryl/α,β-unsaturated/α-hetero) is 1. The first-order chi connectivity index (χ1) is 13.9. The monoisotopic (exact) mass is 396 g/mol. The Hall–Kier alpha value is -3.48. The lowest BCUT2D eigenvalue weighted by molar-refractivity contribution is -0.608. The highest BCUT2D eigenvalue weighted by Gasteiger charge is 2.21. The molecule has 0 unspecified atom stereocenters. The fraction of sp³-hybridized carbons (Fsp3) is 0.227. The minimum Gasteiger partial charge on any atom is -0.618 e. The standard InChI is InChI=1S/C22H21FN2O4/c1-15-13-19(16(2)24(15)12-10-17-6-8-18(23)9-7-17)21(26)14-29-22(27)20-5-3-4-11-25(20)28/h3-9,11,13H,10,12,14H2,1-2H3. The molecule has 0 N–H and O–H groups in total. The second-order valence-electron chi connectivity index (χ2n) is 6.72. The lowest BCUT2D eigenvalue weighted by Crippen LogP contribution is -2.35. The molecule has 0 bridgehead atoms. The van der Waals surface area contributed by atoms with Crippen molar-refractivity contribution in [2.75, 3.05) is 6.61 Å². The molecule has 0 saturated carbocycles. The average molecular weight is 396 g/mol. The summed E-state index contributed by atoms with van der Waals surface area (Å²) in [4.78, 5) is 24.6. The molecular formula is C22H21FN2O4. The summed E-state index contributed by atoms with van der Waals surface area (Å²) < 4.78 is 20.4. The predicted octanol–water partition coefficient (Wildman–Crippen LogP) is 3.16. The van der Waals surface area contributed by atoms with E-state index in [-0.39, 0.29) is 17.3 Å². The molecule has 0 aliphatic carbocycles. The van der Waals surface area contributed by atoms with Crippen LogP contribution < -0.4 is 4.73 Å². The van der Waals surface area contributed by atoms with Gasteiger partial charge in [0.1, 0.15) is 5.82 Å². The molecule has 0 atom stereocenters. The molecule has 0 radical (unpaired) electrons. The summed E-state index contributed by atoms with van der Waals surface area (Å²) in [5.41, 5.74) is 2.96. The van der Waals surface area contributed by atoms with Gasteiger partial charge in [-0.1, -0.05) is 12.1 Å². The Bertz CT molecular complexity index is 1040. The predicted molar refractivity (Wildman–Crippen MR) is 104 cm³/mol. The molecule has 0 fully saturated rings. The summed E-state index contributed by atoms with van der Waals surface area (Å²) in [7, 11) is 0. The third-order valence-corrected chi connectivity index (χ3v) is 4.78. The van der Waals surface area contributed by atoms with Gasteiger partial charge in [-0.2, -0.15) is 4.73 Å². The number of carbonyl (C=O) groups excluding carboxylic acids is 2. The molecule has 3 rings (SSSR count). The van der Waals surface area contributed by atoms with Crippen LogP contribution in [-0.4, -0.2) is 22.9 Å². The van der Waals surface area contributed by atoms with Gasteiger partial charge in [0, 0.05) is 35.6 Å². The van der Waals surface area contributed by atoms with Crippen LogP contribution in [0.15, 0.2) is 54.7 Å². The highest BCUT2D eigenvalue weighted by molar-refractivity contribution is 6.00. The number of ether oxygens (including phenoxy) is 1. The normalized spacial score (nSPS) is 10.7. The third-order valence-electron chi connectivity index (χ3n) is 4.78. The highest BCUT2D eigenvalue weighted by atomic mass is 19.1. The second-order valence-corrected chi connectivity index (χ2v) is 6.72. The van der Waals surface area contributed by atoms with Crippen LogP contribution in [-0.2, 0) is 17.7 Å². The molecule has 7 heteroatoms. The molecule has 0 saturated heterocycles.